The van der Waals surface area contributed by atoms with E-state index < -0.39 is 11.3 Å². The van der Waals surface area contributed by atoms with Crippen molar-refractivity contribution in [1.82, 2.24) is 19.6 Å². The Kier molecular flexibility index (Phi) is 4.71. The summed E-state index contributed by atoms with van der Waals surface area (Å²) < 4.78 is 7.03. The minimum atomic E-state index is -0.613. The number of hydrogen-bond acceptors (Lipinski definition) is 4. The van der Waals surface area contributed by atoms with Crippen molar-refractivity contribution in [3.63, 3.8) is 0 Å². The maximum atomic E-state index is 12.5. The molecule has 1 atom stereocenters. The zero-order chi connectivity index (χ0) is 19.8. The summed E-state index contributed by atoms with van der Waals surface area (Å²) in [7, 11) is 1.81. The number of amides is 1. The lowest BCUT2D eigenvalue weighted by molar-refractivity contribution is -0.0851. The van der Waals surface area contributed by atoms with Crippen LogP contribution >= 0.6 is 0 Å². The predicted octanol–water partition coefficient (Wildman–Crippen LogP) is 3.62. The lowest BCUT2D eigenvalue weighted by Crippen LogP contribution is -2.70. The highest BCUT2D eigenvalue weighted by Gasteiger charge is 2.49. The van der Waals surface area contributed by atoms with E-state index >= 15 is 0 Å². The fourth-order valence-corrected chi connectivity index (χ4v) is 3.09. The molecule has 144 valence electrons. The number of nitrogens with zero attached hydrogens (tertiary/aromatic N) is 4. The van der Waals surface area contributed by atoms with Crippen molar-refractivity contribution in [2.75, 3.05) is 13.6 Å². The Morgan fingerprint density at radius 1 is 1.26 bits per heavy atom. The number of aromatic nitrogens is 2. The van der Waals surface area contributed by atoms with Gasteiger partial charge in [-0.15, -0.1) is 0 Å². The summed E-state index contributed by atoms with van der Waals surface area (Å²) >= 11 is 0. The Morgan fingerprint density at radius 2 is 1.93 bits per heavy atom. The molecule has 7 nitrogen and oxygen atoms in total. The molecule has 1 fully saturated rings. The van der Waals surface area contributed by atoms with Gasteiger partial charge in [-0.25, -0.2) is 9.48 Å². The fraction of sp³-hybridized carbons (Fsp3) is 0.450. The highest BCUT2D eigenvalue weighted by atomic mass is 16.6. The maximum absolute atomic E-state index is 12.5. The van der Waals surface area contributed by atoms with Gasteiger partial charge in [0.25, 0.3) is 0 Å². The monoisotopic (exact) mass is 369 g/mol. The number of benzene rings is 1. The summed E-state index contributed by atoms with van der Waals surface area (Å²) in [4.78, 5) is 15.9. The van der Waals surface area contributed by atoms with E-state index in [-0.39, 0.29) is 12.1 Å². The van der Waals surface area contributed by atoms with E-state index in [1.54, 1.807) is 16.0 Å². The van der Waals surface area contributed by atoms with Gasteiger partial charge < -0.3 is 9.64 Å². The van der Waals surface area contributed by atoms with Gasteiger partial charge >= 0.3 is 6.09 Å². The first-order valence-electron chi connectivity index (χ1n) is 9.06. The van der Waals surface area contributed by atoms with Crippen molar-refractivity contribution < 1.29 is 9.53 Å². The van der Waals surface area contributed by atoms with Gasteiger partial charge in [-0.1, -0.05) is 30.3 Å². The molecule has 27 heavy (non-hydrogen) atoms. The van der Waals surface area contributed by atoms with Crippen LogP contribution in [-0.4, -0.2) is 56.5 Å². The second-order valence-electron chi connectivity index (χ2n) is 7.99. The van der Waals surface area contributed by atoms with Gasteiger partial charge in [-0.05, 0) is 33.8 Å². The molecule has 1 aromatic heterocycles. The average molecular weight is 369 g/mol. The van der Waals surface area contributed by atoms with Crippen molar-refractivity contribution in [3.8, 4) is 11.3 Å². The van der Waals surface area contributed by atoms with Crippen molar-refractivity contribution in [2.24, 2.45) is 0 Å². The minimum absolute atomic E-state index is 0.202. The molecule has 0 spiro atoms. The van der Waals surface area contributed by atoms with Gasteiger partial charge in [0.15, 0.2) is 0 Å². The minimum Gasteiger partial charge on any atom is -0.444 e. The molecule has 3 rings (SSSR count). The second-order valence-corrected chi connectivity index (χ2v) is 7.99. The summed E-state index contributed by atoms with van der Waals surface area (Å²) in [6, 6.07) is 11.7. The van der Waals surface area contributed by atoms with Crippen LogP contribution in [0.25, 0.3) is 11.3 Å². The predicted molar refractivity (Wildman–Crippen MR) is 105 cm³/mol. The molecule has 0 aliphatic carbocycles. The average Bonchev–Trinajstić information content (AvgIpc) is 3.08. The molecule has 1 N–H and O–H groups in total. The van der Waals surface area contributed by atoms with Crippen molar-refractivity contribution in [3.05, 3.63) is 42.6 Å². The van der Waals surface area contributed by atoms with Crippen LogP contribution < -0.4 is 0 Å². The van der Waals surface area contributed by atoms with Gasteiger partial charge in [0.2, 0.25) is 5.96 Å². The summed E-state index contributed by atoms with van der Waals surface area (Å²) in [6.07, 6.45) is 2.17. The molecule has 1 aliphatic heterocycles. The molecule has 1 aromatic carbocycles. The number of rotatable bonds is 2. The first-order chi connectivity index (χ1) is 12.6. The summed E-state index contributed by atoms with van der Waals surface area (Å²) in [5.74, 6) is 0.202. The van der Waals surface area contributed by atoms with E-state index in [0.29, 0.717) is 6.54 Å². The quantitative estimate of drug-likeness (QED) is 0.648. The third kappa shape index (κ3) is 3.67. The Hall–Kier alpha value is -2.83. The van der Waals surface area contributed by atoms with Crippen LogP contribution in [0.5, 0.6) is 0 Å². The molecule has 2 aromatic rings. The molecule has 7 heteroatoms. The Balaban J connectivity index is 1.75. The van der Waals surface area contributed by atoms with E-state index in [0.717, 1.165) is 17.7 Å². The number of carbonyl (C=O) groups is 1. The number of carbonyl (C=O) groups excluding carboxylic acids is 1. The molecule has 1 amide bonds. The Morgan fingerprint density at radius 3 is 2.48 bits per heavy atom. The molecule has 0 saturated carbocycles. The number of hydrogen-bond donors (Lipinski definition) is 1. The van der Waals surface area contributed by atoms with Crippen LogP contribution in [0.4, 0.5) is 4.79 Å². The van der Waals surface area contributed by atoms with E-state index in [4.69, 9.17) is 10.1 Å². The first kappa shape index (κ1) is 18.9. The van der Waals surface area contributed by atoms with E-state index in [9.17, 15) is 4.79 Å². The van der Waals surface area contributed by atoms with Crippen LogP contribution in [0, 0.1) is 5.41 Å². The molecule has 1 unspecified atom stereocenters. The number of likely N-dealkylation sites (tertiary alicyclic amines) is 1. The highest BCUT2D eigenvalue weighted by molar-refractivity contribution is 5.81. The van der Waals surface area contributed by atoms with Crippen LogP contribution in [0.1, 0.15) is 34.1 Å². The molecule has 1 aliphatic rings. The first-order valence-corrected chi connectivity index (χ1v) is 9.06. The van der Waals surface area contributed by atoms with Crippen LogP contribution in [-0.2, 0) is 4.74 Å². The third-order valence-electron chi connectivity index (χ3n) is 4.92. The van der Waals surface area contributed by atoms with Crippen LogP contribution in [0.15, 0.2) is 42.6 Å². The molecule has 2 heterocycles. The summed E-state index contributed by atoms with van der Waals surface area (Å²) in [5.41, 5.74) is 0.637. The Labute approximate surface area is 160 Å². The number of ether oxygens (including phenoxy) is 1. The normalized spacial score (nSPS) is 19.4. The van der Waals surface area contributed by atoms with Gasteiger partial charge in [-0.2, -0.15) is 5.10 Å². The van der Waals surface area contributed by atoms with E-state index in [1.165, 1.54) is 4.68 Å². The van der Waals surface area contributed by atoms with Crippen molar-refractivity contribution in [2.45, 2.75) is 45.4 Å². The van der Waals surface area contributed by atoms with Crippen molar-refractivity contribution in [1.29, 1.82) is 5.41 Å². The lowest BCUT2D eigenvalue weighted by Gasteiger charge is -2.55. The van der Waals surface area contributed by atoms with Gasteiger partial charge in [0.05, 0.1) is 5.69 Å². The molecule has 0 radical (unpaired) electrons. The number of nitrogens with one attached hydrogen (secondary N) is 1. The molecule has 1 saturated heterocycles. The fourth-order valence-electron chi connectivity index (χ4n) is 3.09. The van der Waals surface area contributed by atoms with Crippen LogP contribution in [0.3, 0.4) is 0 Å². The van der Waals surface area contributed by atoms with Gasteiger partial charge in [0, 0.05) is 31.8 Å². The van der Waals surface area contributed by atoms with E-state index in [2.05, 4.69) is 5.10 Å². The molecular weight excluding hydrogens is 342 g/mol. The van der Waals surface area contributed by atoms with Gasteiger partial charge in [0.1, 0.15) is 11.3 Å². The third-order valence-corrected chi connectivity index (χ3v) is 4.92. The summed E-state index contributed by atoms with van der Waals surface area (Å²) in [6.45, 7) is 8.10. The molecular formula is C20H27N5O2. The van der Waals surface area contributed by atoms with Crippen molar-refractivity contribution >= 4 is 12.1 Å². The second kappa shape index (κ2) is 6.72. The Bertz CT molecular complexity index is 840. The lowest BCUT2D eigenvalue weighted by atomic mass is 9.95. The largest absolute Gasteiger partial charge is 0.444 e. The zero-order valence-electron chi connectivity index (χ0n) is 16.6. The maximum Gasteiger partial charge on any atom is 0.412 e. The van der Waals surface area contributed by atoms with Gasteiger partial charge in [-0.3, -0.25) is 10.3 Å². The summed E-state index contributed by atoms with van der Waals surface area (Å²) in [5, 5.41) is 13.1. The zero-order valence-corrected chi connectivity index (χ0v) is 16.6. The van der Waals surface area contributed by atoms with E-state index in [1.807, 2.05) is 71.1 Å². The highest BCUT2D eigenvalue weighted by Crippen LogP contribution is 2.34. The van der Waals surface area contributed by atoms with Crippen LogP contribution in [0.2, 0.25) is 0 Å². The SMILES string of the molecule is CN(C(=N)n1ccc(-c2ccccc2)n1)C1(C)CCN1C(=O)OC(C)(C)C. The topological polar surface area (TPSA) is 74.5 Å². The standard InChI is InChI=1S/C20H27N5O2/c1-19(2,3)27-18(26)24-14-12-20(24,4)23(5)17(21)25-13-11-16(22-25)15-9-7-6-8-10-15/h6-11,13,21H,12,14H2,1-5H3. The molecule has 0 bridgehead atoms. The smallest absolute Gasteiger partial charge is 0.412 e.